The Morgan fingerprint density at radius 3 is 2.58 bits per heavy atom. The third-order valence-corrected chi connectivity index (χ3v) is 3.00. The van der Waals surface area contributed by atoms with Crippen LogP contribution < -0.4 is 4.74 Å². The van der Waals surface area contributed by atoms with Gasteiger partial charge in [-0.15, -0.1) is 0 Å². The van der Waals surface area contributed by atoms with Crippen LogP contribution in [0.3, 0.4) is 0 Å². The van der Waals surface area contributed by atoms with Crippen molar-refractivity contribution in [2.24, 2.45) is 0 Å². The van der Waals surface area contributed by atoms with Gasteiger partial charge in [0.25, 0.3) is 0 Å². The second-order valence-electron chi connectivity index (χ2n) is 4.20. The number of rotatable bonds is 3. The Morgan fingerprint density at radius 2 is 1.89 bits per heavy atom. The molecule has 0 radical (unpaired) electrons. The Morgan fingerprint density at radius 1 is 1.11 bits per heavy atom. The van der Waals surface area contributed by atoms with E-state index in [1.54, 1.807) is 19.2 Å². The molecule has 0 bridgehead atoms. The van der Waals surface area contributed by atoms with Gasteiger partial charge in [-0.1, -0.05) is 24.3 Å². The Labute approximate surface area is 110 Å². The van der Waals surface area contributed by atoms with Gasteiger partial charge in [0.05, 0.1) is 19.0 Å². The summed E-state index contributed by atoms with van der Waals surface area (Å²) in [5.74, 6) is 0.785. The smallest absolute Gasteiger partial charge is 0.150 e. The summed E-state index contributed by atoms with van der Waals surface area (Å²) in [4.78, 5) is 15.2. The third kappa shape index (κ3) is 2.08. The quantitative estimate of drug-likeness (QED) is 0.673. The molecular weight excluding hydrogens is 240 g/mol. The predicted molar refractivity (Wildman–Crippen MR) is 72.6 cm³/mol. The average Bonchev–Trinajstić information content (AvgIpc) is 2.90. The fraction of sp³-hybridized carbons (Fsp3) is 0.0667. The molecule has 4 heteroatoms. The van der Waals surface area contributed by atoms with E-state index in [1.807, 2.05) is 41.1 Å². The molecule has 2 aromatic heterocycles. The molecule has 0 aliphatic carbocycles. The van der Waals surface area contributed by atoms with E-state index < -0.39 is 0 Å². The number of aldehydes is 1. The highest BCUT2D eigenvalue weighted by atomic mass is 16.5. The number of methoxy groups -OCH3 is 1. The second-order valence-corrected chi connectivity index (χ2v) is 4.20. The number of fused-ring (bicyclic) bond motifs is 1. The van der Waals surface area contributed by atoms with Crippen molar-refractivity contribution in [3.8, 4) is 17.0 Å². The van der Waals surface area contributed by atoms with Crippen LogP contribution in [0.2, 0.25) is 0 Å². The number of benzene rings is 1. The molecule has 0 saturated carbocycles. The number of carbonyl (C=O) groups is 1. The summed E-state index contributed by atoms with van der Waals surface area (Å²) in [6.07, 6.45) is 4.65. The largest absolute Gasteiger partial charge is 0.495 e. The van der Waals surface area contributed by atoms with Crippen LogP contribution in [-0.4, -0.2) is 22.8 Å². The average molecular weight is 252 g/mol. The highest BCUT2D eigenvalue weighted by Gasteiger charge is 2.05. The first-order chi connectivity index (χ1) is 9.30. The van der Waals surface area contributed by atoms with Gasteiger partial charge in [-0.25, -0.2) is 4.98 Å². The Kier molecular flexibility index (Phi) is 2.76. The molecule has 0 N–H and O–H groups in total. The van der Waals surface area contributed by atoms with Gasteiger partial charge in [-0.2, -0.15) is 0 Å². The van der Waals surface area contributed by atoms with Crippen molar-refractivity contribution in [1.82, 2.24) is 9.38 Å². The van der Waals surface area contributed by atoms with Gasteiger partial charge in [-0.3, -0.25) is 4.79 Å². The Bertz CT molecular complexity index is 729. The minimum atomic E-state index is 0.661. The van der Waals surface area contributed by atoms with Crippen LogP contribution in [0, 0.1) is 0 Å². The lowest BCUT2D eigenvalue weighted by Crippen LogP contribution is -1.86. The molecule has 19 heavy (non-hydrogen) atoms. The molecule has 3 rings (SSSR count). The van der Waals surface area contributed by atoms with Crippen LogP contribution in [0.4, 0.5) is 0 Å². The van der Waals surface area contributed by atoms with E-state index in [1.165, 1.54) is 0 Å². The summed E-state index contributed by atoms with van der Waals surface area (Å²) in [6.45, 7) is 0. The molecule has 0 aliphatic heterocycles. The van der Waals surface area contributed by atoms with Crippen LogP contribution in [0.15, 0.2) is 48.8 Å². The second kappa shape index (κ2) is 4.57. The van der Waals surface area contributed by atoms with Crippen molar-refractivity contribution in [2.75, 3.05) is 7.11 Å². The van der Waals surface area contributed by atoms with Gasteiger partial charge in [0.1, 0.15) is 17.7 Å². The first kappa shape index (κ1) is 11.5. The number of imidazole rings is 1. The highest BCUT2D eigenvalue weighted by Crippen LogP contribution is 2.21. The fourth-order valence-corrected chi connectivity index (χ4v) is 1.96. The maximum absolute atomic E-state index is 10.6. The normalized spacial score (nSPS) is 10.6. The van der Waals surface area contributed by atoms with Crippen molar-refractivity contribution >= 4 is 11.9 Å². The van der Waals surface area contributed by atoms with Gasteiger partial charge in [0, 0.05) is 17.3 Å². The number of pyridine rings is 1. The summed E-state index contributed by atoms with van der Waals surface area (Å²) < 4.78 is 7.10. The van der Waals surface area contributed by atoms with Gasteiger partial charge >= 0.3 is 0 Å². The van der Waals surface area contributed by atoms with E-state index in [9.17, 15) is 4.79 Å². The van der Waals surface area contributed by atoms with E-state index >= 15 is 0 Å². The first-order valence-electron chi connectivity index (χ1n) is 5.88. The Hall–Kier alpha value is -2.62. The predicted octanol–water partition coefficient (Wildman–Crippen LogP) is 2.82. The first-order valence-corrected chi connectivity index (χ1v) is 5.88. The fourth-order valence-electron chi connectivity index (χ4n) is 1.96. The molecule has 94 valence electrons. The van der Waals surface area contributed by atoms with E-state index in [0.717, 1.165) is 28.9 Å². The molecule has 0 amide bonds. The number of carbonyl (C=O) groups excluding carboxylic acids is 1. The molecule has 3 aromatic rings. The van der Waals surface area contributed by atoms with E-state index in [4.69, 9.17) is 4.74 Å². The molecule has 4 nitrogen and oxygen atoms in total. The molecule has 0 atom stereocenters. The zero-order valence-corrected chi connectivity index (χ0v) is 10.4. The number of ether oxygens (including phenoxy) is 1. The molecule has 0 fully saturated rings. The lowest BCUT2D eigenvalue weighted by Gasteiger charge is -1.98. The topological polar surface area (TPSA) is 43.6 Å². The monoisotopic (exact) mass is 252 g/mol. The molecule has 0 aliphatic rings. The molecule has 0 saturated heterocycles. The maximum Gasteiger partial charge on any atom is 0.150 e. The molecule has 1 aromatic carbocycles. The summed E-state index contributed by atoms with van der Waals surface area (Å²) in [6, 6.07) is 11.1. The third-order valence-electron chi connectivity index (χ3n) is 3.00. The van der Waals surface area contributed by atoms with Gasteiger partial charge in [-0.05, 0) is 12.1 Å². The van der Waals surface area contributed by atoms with Crippen LogP contribution in [-0.2, 0) is 0 Å². The molecular formula is C15H12N2O2. The lowest BCUT2D eigenvalue weighted by molar-refractivity contribution is 0.112. The van der Waals surface area contributed by atoms with Crippen molar-refractivity contribution in [1.29, 1.82) is 0 Å². The number of hydrogen-bond donors (Lipinski definition) is 0. The molecule has 0 spiro atoms. The number of hydrogen-bond acceptors (Lipinski definition) is 3. The van der Waals surface area contributed by atoms with E-state index in [0.29, 0.717) is 5.56 Å². The van der Waals surface area contributed by atoms with Crippen LogP contribution in [0.1, 0.15) is 10.4 Å². The lowest BCUT2D eigenvalue weighted by atomic mass is 10.1. The van der Waals surface area contributed by atoms with Crippen LogP contribution >= 0.6 is 0 Å². The zero-order chi connectivity index (χ0) is 13.2. The SMILES string of the molecule is COc1ccc2nc(-c3ccc(C=O)cc3)cn2c1. The Balaban J connectivity index is 2.06. The standard InChI is InChI=1S/C15H12N2O2/c1-19-13-6-7-15-16-14(9-17(15)8-13)12-4-2-11(10-18)3-5-12/h2-10H,1H3. The number of nitrogens with zero attached hydrogens (tertiary/aromatic N) is 2. The number of aromatic nitrogens is 2. The van der Waals surface area contributed by atoms with Crippen molar-refractivity contribution in [3.05, 3.63) is 54.4 Å². The molecule has 0 unspecified atom stereocenters. The van der Waals surface area contributed by atoms with Gasteiger partial charge in [0.2, 0.25) is 0 Å². The van der Waals surface area contributed by atoms with Crippen LogP contribution in [0.5, 0.6) is 5.75 Å². The van der Waals surface area contributed by atoms with Gasteiger partial charge < -0.3 is 9.14 Å². The summed E-state index contributed by atoms with van der Waals surface area (Å²) in [5.41, 5.74) is 3.36. The highest BCUT2D eigenvalue weighted by molar-refractivity contribution is 5.76. The van der Waals surface area contributed by atoms with Gasteiger partial charge in [0.15, 0.2) is 0 Å². The van der Waals surface area contributed by atoms with Crippen molar-refractivity contribution in [2.45, 2.75) is 0 Å². The maximum atomic E-state index is 10.6. The summed E-state index contributed by atoms with van der Waals surface area (Å²) >= 11 is 0. The zero-order valence-electron chi connectivity index (χ0n) is 10.4. The minimum Gasteiger partial charge on any atom is -0.495 e. The van der Waals surface area contributed by atoms with Crippen molar-refractivity contribution < 1.29 is 9.53 Å². The summed E-state index contributed by atoms with van der Waals surface area (Å²) in [7, 11) is 1.64. The van der Waals surface area contributed by atoms with Crippen LogP contribution in [0.25, 0.3) is 16.9 Å². The van der Waals surface area contributed by atoms with E-state index in [-0.39, 0.29) is 0 Å². The summed E-state index contributed by atoms with van der Waals surface area (Å²) in [5, 5.41) is 0. The van der Waals surface area contributed by atoms with Crippen molar-refractivity contribution in [3.63, 3.8) is 0 Å². The molecule has 2 heterocycles. The van der Waals surface area contributed by atoms with E-state index in [2.05, 4.69) is 4.98 Å². The minimum absolute atomic E-state index is 0.661.